The van der Waals surface area contributed by atoms with Gasteiger partial charge in [-0.3, -0.25) is 9.59 Å². The minimum Gasteiger partial charge on any atom is -0.493 e. The second-order valence-electron chi connectivity index (χ2n) is 5.99. The summed E-state index contributed by atoms with van der Waals surface area (Å²) in [5.74, 6) is 0.471. The lowest BCUT2D eigenvalue weighted by molar-refractivity contribution is -0.114. The van der Waals surface area contributed by atoms with Crippen LogP contribution in [0.5, 0.6) is 17.2 Å². The Morgan fingerprint density at radius 1 is 1.00 bits per heavy atom. The van der Waals surface area contributed by atoms with E-state index in [4.69, 9.17) is 14.2 Å². The molecule has 0 radical (unpaired) electrons. The van der Waals surface area contributed by atoms with E-state index in [1.54, 1.807) is 30.3 Å². The Morgan fingerprint density at radius 3 is 2.21 bits per heavy atom. The Balaban J connectivity index is 2.10. The zero-order valence-corrected chi connectivity index (χ0v) is 16.4. The van der Waals surface area contributed by atoms with Crippen LogP contribution in [0.2, 0.25) is 0 Å². The zero-order valence-electron chi connectivity index (χ0n) is 16.4. The van der Waals surface area contributed by atoms with E-state index in [0.717, 1.165) is 0 Å². The number of hydrogen-bond acceptors (Lipinski definition) is 7. The molecule has 0 bridgehead atoms. The maximum atomic E-state index is 13.2. The Kier molecular flexibility index (Phi) is 5.77. The highest BCUT2D eigenvalue weighted by Crippen LogP contribution is 2.39. The fourth-order valence-electron chi connectivity index (χ4n) is 2.88. The number of carbonyl (C=O) groups is 2. The third-order valence-corrected chi connectivity index (χ3v) is 4.17. The highest BCUT2D eigenvalue weighted by atomic mass is 16.5. The third-order valence-electron chi connectivity index (χ3n) is 4.17. The highest BCUT2D eigenvalue weighted by molar-refractivity contribution is 6.14. The van der Waals surface area contributed by atoms with Crippen LogP contribution in [0.3, 0.4) is 0 Å². The van der Waals surface area contributed by atoms with Crippen LogP contribution in [0, 0.1) is 0 Å². The quantitative estimate of drug-likeness (QED) is 0.612. The van der Waals surface area contributed by atoms with E-state index < -0.39 is 0 Å². The Bertz CT molecular complexity index is 1020. The monoisotopic (exact) mass is 396 g/mol. The van der Waals surface area contributed by atoms with Gasteiger partial charge in [-0.05, 0) is 30.3 Å². The summed E-state index contributed by atoms with van der Waals surface area (Å²) in [6, 6.07) is 8.11. The van der Waals surface area contributed by atoms with Crippen molar-refractivity contribution in [1.82, 2.24) is 14.8 Å². The van der Waals surface area contributed by atoms with Gasteiger partial charge in [0.15, 0.2) is 17.3 Å². The predicted octanol–water partition coefficient (Wildman–Crippen LogP) is 2.48. The summed E-state index contributed by atoms with van der Waals surface area (Å²) in [5.41, 5.74) is 1.62. The summed E-state index contributed by atoms with van der Waals surface area (Å²) in [6.45, 7) is 1.37. The zero-order chi connectivity index (χ0) is 21.0. The van der Waals surface area contributed by atoms with Crippen LogP contribution in [0.4, 0.5) is 5.69 Å². The SMILES string of the molecule is COc1cc(C(=O)c2ccc(-n3cncn3)cc2NC(C)=O)cc(OC)c1OC. The smallest absolute Gasteiger partial charge is 0.221 e. The molecule has 3 aromatic rings. The minimum atomic E-state index is -0.321. The first-order valence-electron chi connectivity index (χ1n) is 8.59. The van der Waals surface area contributed by atoms with Gasteiger partial charge in [0.1, 0.15) is 12.7 Å². The first-order chi connectivity index (χ1) is 14.0. The van der Waals surface area contributed by atoms with Crippen LogP contribution in [0.15, 0.2) is 43.0 Å². The number of ether oxygens (including phenoxy) is 3. The van der Waals surface area contributed by atoms with Crippen LogP contribution in [-0.2, 0) is 4.79 Å². The van der Waals surface area contributed by atoms with E-state index in [0.29, 0.717) is 39.8 Å². The van der Waals surface area contributed by atoms with E-state index in [2.05, 4.69) is 15.4 Å². The fraction of sp³-hybridized carbons (Fsp3) is 0.200. The van der Waals surface area contributed by atoms with Crippen molar-refractivity contribution in [3.63, 3.8) is 0 Å². The summed E-state index contributed by atoms with van der Waals surface area (Å²) >= 11 is 0. The van der Waals surface area contributed by atoms with Crippen molar-refractivity contribution in [2.24, 2.45) is 0 Å². The van der Waals surface area contributed by atoms with Gasteiger partial charge in [0.05, 0.1) is 32.7 Å². The van der Waals surface area contributed by atoms with Gasteiger partial charge in [-0.25, -0.2) is 9.67 Å². The molecule has 0 saturated heterocycles. The molecule has 29 heavy (non-hydrogen) atoms. The van der Waals surface area contributed by atoms with Gasteiger partial charge in [0, 0.05) is 18.1 Å². The highest BCUT2D eigenvalue weighted by Gasteiger charge is 2.21. The number of aromatic nitrogens is 3. The molecule has 0 spiro atoms. The van der Waals surface area contributed by atoms with Gasteiger partial charge in [-0.15, -0.1) is 0 Å². The number of hydrogen-bond donors (Lipinski definition) is 1. The molecule has 0 atom stereocenters. The molecule has 1 amide bonds. The van der Waals surface area contributed by atoms with E-state index in [1.807, 2.05) is 0 Å². The van der Waals surface area contributed by atoms with Crippen LogP contribution >= 0.6 is 0 Å². The lowest BCUT2D eigenvalue weighted by Gasteiger charge is -2.15. The van der Waals surface area contributed by atoms with Crippen molar-refractivity contribution in [3.05, 3.63) is 54.1 Å². The molecule has 9 heteroatoms. The third kappa shape index (κ3) is 4.03. The molecule has 2 aromatic carbocycles. The number of methoxy groups -OCH3 is 3. The van der Waals surface area contributed by atoms with Crippen molar-refractivity contribution < 1.29 is 23.8 Å². The lowest BCUT2D eigenvalue weighted by atomic mass is 10.00. The number of amides is 1. The molecule has 0 aliphatic rings. The Hall–Kier alpha value is -3.88. The van der Waals surface area contributed by atoms with Crippen LogP contribution < -0.4 is 19.5 Å². The molecular weight excluding hydrogens is 376 g/mol. The number of nitrogens with zero attached hydrogens (tertiary/aromatic N) is 3. The number of rotatable bonds is 7. The predicted molar refractivity (Wildman–Crippen MR) is 105 cm³/mol. The van der Waals surface area contributed by atoms with Gasteiger partial charge in [0.2, 0.25) is 11.7 Å². The first kappa shape index (κ1) is 19.9. The number of benzene rings is 2. The van der Waals surface area contributed by atoms with E-state index >= 15 is 0 Å². The standard InChI is InChI=1S/C20H20N4O5/c1-12(25)23-16-9-14(24-11-21-10-22-24)5-6-15(16)19(26)13-7-17(27-2)20(29-4)18(8-13)28-3/h5-11H,1-4H3,(H,23,25). The molecule has 1 aromatic heterocycles. The van der Waals surface area contributed by atoms with E-state index in [9.17, 15) is 9.59 Å². The largest absolute Gasteiger partial charge is 0.493 e. The average Bonchev–Trinajstić information content (AvgIpc) is 3.26. The van der Waals surface area contributed by atoms with Gasteiger partial charge in [0.25, 0.3) is 0 Å². The summed E-state index contributed by atoms with van der Waals surface area (Å²) in [6.07, 6.45) is 2.92. The second-order valence-corrected chi connectivity index (χ2v) is 5.99. The number of carbonyl (C=O) groups excluding carboxylic acids is 2. The number of anilines is 1. The molecule has 0 unspecified atom stereocenters. The van der Waals surface area contributed by atoms with Gasteiger partial charge < -0.3 is 19.5 Å². The lowest BCUT2D eigenvalue weighted by Crippen LogP contribution is -2.13. The molecule has 0 saturated carbocycles. The maximum Gasteiger partial charge on any atom is 0.221 e. The van der Waals surface area contributed by atoms with Crippen molar-refractivity contribution in [3.8, 4) is 22.9 Å². The average molecular weight is 396 g/mol. The van der Waals surface area contributed by atoms with Crippen molar-refractivity contribution >= 4 is 17.4 Å². The number of nitrogens with one attached hydrogen (secondary N) is 1. The minimum absolute atomic E-state index is 0.304. The van der Waals surface area contributed by atoms with Gasteiger partial charge >= 0.3 is 0 Å². The molecular formula is C20H20N4O5. The van der Waals surface area contributed by atoms with Gasteiger partial charge in [-0.2, -0.15) is 5.10 Å². The van der Waals surface area contributed by atoms with Crippen LogP contribution in [0.25, 0.3) is 5.69 Å². The molecule has 3 rings (SSSR count). The first-order valence-corrected chi connectivity index (χ1v) is 8.59. The van der Waals surface area contributed by atoms with E-state index in [1.165, 1.54) is 45.6 Å². The number of ketones is 1. The van der Waals surface area contributed by atoms with Crippen molar-refractivity contribution in [1.29, 1.82) is 0 Å². The summed E-state index contributed by atoms with van der Waals surface area (Å²) in [7, 11) is 4.43. The molecule has 0 fully saturated rings. The fourth-order valence-corrected chi connectivity index (χ4v) is 2.88. The maximum absolute atomic E-state index is 13.2. The normalized spacial score (nSPS) is 10.3. The molecule has 0 aliphatic carbocycles. The molecule has 150 valence electrons. The van der Waals surface area contributed by atoms with Gasteiger partial charge in [-0.1, -0.05) is 0 Å². The summed E-state index contributed by atoms with van der Waals surface area (Å²) in [4.78, 5) is 28.8. The molecule has 0 aliphatic heterocycles. The summed E-state index contributed by atoms with van der Waals surface area (Å²) < 4.78 is 17.5. The van der Waals surface area contributed by atoms with Crippen molar-refractivity contribution in [2.75, 3.05) is 26.6 Å². The summed E-state index contributed by atoms with van der Waals surface area (Å²) in [5, 5.41) is 6.76. The van der Waals surface area contributed by atoms with Crippen LogP contribution in [-0.4, -0.2) is 47.8 Å². The van der Waals surface area contributed by atoms with Crippen molar-refractivity contribution in [2.45, 2.75) is 6.92 Å². The Morgan fingerprint density at radius 2 is 1.69 bits per heavy atom. The molecule has 1 N–H and O–H groups in total. The Labute approximate surface area is 167 Å². The van der Waals surface area contributed by atoms with Crippen LogP contribution in [0.1, 0.15) is 22.8 Å². The topological polar surface area (TPSA) is 105 Å². The molecule has 9 nitrogen and oxygen atoms in total. The second kappa shape index (κ2) is 8.42. The van der Waals surface area contributed by atoms with E-state index in [-0.39, 0.29) is 11.7 Å². The molecule has 1 heterocycles.